The van der Waals surface area contributed by atoms with Crippen molar-refractivity contribution in [3.05, 3.63) is 23.9 Å². The van der Waals surface area contributed by atoms with Crippen LogP contribution < -0.4 is 11.5 Å². The van der Waals surface area contributed by atoms with Gasteiger partial charge in [-0.05, 0) is 37.6 Å². The summed E-state index contributed by atoms with van der Waals surface area (Å²) in [6.45, 7) is 2.25. The lowest BCUT2D eigenvalue weighted by molar-refractivity contribution is 0.0539. The van der Waals surface area contributed by atoms with E-state index in [1.54, 1.807) is 19.2 Å². The van der Waals surface area contributed by atoms with Crippen molar-refractivity contribution >= 4 is 5.82 Å². The average molecular weight is 195 g/mol. The minimum absolute atomic E-state index is 0.478. The first kappa shape index (κ1) is 10.9. The zero-order valence-electron chi connectivity index (χ0n) is 8.40. The molecule has 0 bridgehead atoms. The molecule has 4 heteroatoms. The largest absolute Gasteiger partial charge is 0.390 e. The number of nitrogens with two attached hydrogens (primary N) is 2. The predicted octanol–water partition coefficient (Wildman–Crippen LogP) is 0.306. The third-order valence-corrected chi connectivity index (χ3v) is 2.11. The summed E-state index contributed by atoms with van der Waals surface area (Å²) >= 11 is 0. The molecule has 1 atom stereocenters. The van der Waals surface area contributed by atoms with Crippen LogP contribution in [0.25, 0.3) is 0 Å². The normalized spacial score (nSPS) is 15.1. The molecular formula is C10H17N3O. The van der Waals surface area contributed by atoms with Crippen LogP contribution in [-0.4, -0.2) is 22.2 Å². The van der Waals surface area contributed by atoms with E-state index >= 15 is 0 Å². The van der Waals surface area contributed by atoms with Crippen LogP contribution in [0.15, 0.2) is 18.3 Å². The highest BCUT2D eigenvalue weighted by Gasteiger charge is 2.19. The number of aromatic nitrogens is 1. The number of pyridine rings is 1. The number of nitrogens with zero attached hydrogens (tertiary/aromatic N) is 1. The van der Waals surface area contributed by atoms with Gasteiger partial charge in [-0.15, -0.1) is 0 Å². The third-order valence-electron chi connectivity index (χ3n) is 2.11. The first-order chi connectivity index (χ1) is 6.53. The highest BCUT2D eigenvalue weighted by atomic mass is 16.3. The summed E-state index contributed by atoms with van der Waals surface area (Å²) in [5, 5.41) is 9.92. The van der Waals surface area contributed by atoms with E-state index in [1.807, 2.05) is 6.07 Å². The number of hydrogen-bond acceptors (Lipinski definition) is 4. The van der Waals surface area contributed by atoms with E-state index in [1.165, 1.54) is 0 Å². The first-order valence-electron chi connectivity index (χ1n) is 4.66. The lowest BCUT2D eigenvalue weighted by Crippen LogP contribution is -2.30. The maximum atomic E-state index is 9.92. The molecule has 4 nitrogen and oxygen atoms in total. The van der Waals surface area contributed by atoms with E-state index in [0.29, 0.717) is 25.2 Å². The highest BCUT2D eigenvalue weighted by Crippen LogP contribution is 2.16. The number of anilines is 1. The Balaban J connectivity index is 2.68. The maximum absolute atomic E-state index is 9.92. The Morgan fingerprint density at radius 1 is 1.57 bits per heavy atom. The minimum atomic E-state index is -0.761. The standard InChI is InChI=1S/C10H17N3O/c1-10(14,3-4-11)7-8-2-5-13-9(12)6-8/h2,5-6,14H,3-4,7,11H2,1H3,(H2,12,13). The molecule has 1 unspecified atom stereocenters. The fraction of sp³-hybridized carbons (Fsp3) is 0.500. The summed E-state index contributed by atoms with van der Waals surface area (Å²) in [7, 11) is 0. The van der Waals surface area contributed by atoms with E-state index in [0.717, 1.165) is 5.56 Å². The molecule has 1 rings (SSSR count). The number of nitrogen functional groups attached to an aromatic ring is 1. The summed E-state index contributed by atoms with van der Waals surface area (Å²) < 4.78 is 0. The maximum Gasteiger partial charge on any atom is 0.123 e. The van der Waals surface area contributed by atoms with Gasteiger partial charge in [0.15, 0.2) is 0 Å². The van der Waals surface area contributed by atoms with Crippen molar-refractivity contribution < 1.29 is 5.11 Å². The Kier molecular flexibility index (Phi) is 3.43. The molecule has 1 aromatic heterocycles. The lowest BCUT2D eigenvalue weighted by Gasteiger charge is -2.22. The van der Waals surface area contributed by atoms with Gasteiger partial charge in [-0.1, -0.05) is 0 Å². The Bertz CT molecular complexity index is 299. The highest BCUT2D eigenvalue weighted by molar-refractivity contribution is 5.32. The zero-order valence-corrected chi connectivity index (χ0v) is 8.40. The van der Waals surface area contributed by atoms with Crippen LogP contribution in [0.3, 0.4) is 0 Å². The van der Waals surface area contributed by atoms with Crippen molar-refractivity contribution in [3.8, 4) is 0 Å². The Hall–Kier alpha value is -1.13. The van der Waals surface area contributed by atoms with Crippen molar-refractivity contribution in [2.75, 3.05) is 12.3 Å². The Morgan fingerprint density at radius 2 is 2.29 bits per heavy atom. The molecule has 5 N–H and O–H groups in total. The molecule has 0 spiro atoms. The van der Waals surface area contributed by atoms with Crippen molar-refractivity contribution in [3.63, 3.8) is 0 Å². The fourth-order valence-electron chi connectivity index (χ4n) is 1.44. The van der Waals surface area contributed by atoms with Gasteiger partial charge >= 0.3 is 0 Å². The Morgan fingerprint density at radius 3 is 2.86 bits per heavy atom. The van der Waals surface area contributed by atoms with E-state index in [-0.39, 0.29) is 0 Å². The summed E-state index contributed by atoms with van der Waals surface area (Å²) in [4.78, 5) is 3.89. The predicted molar refractivity (Wildman–Crippen MR) is 56.6 cm³/mol. The zero-order chi connectivity index (χ0) is 10.6. The molecule has 0 aliphatic rings. The molecule has 0 amide bonds. The van der Waals surface area contributed by atoms with Gasteiger partial charge in [0.25, 0.3) is 0 Å². The molecule has 1 heterocycles. The van der Waals surface area contributed by atoms with Crippen molar-refractivity contribution in [1.29, 1.82) is 0 Å². The molecule has 0 saturated carbocycles. The fourth-order valence-corrected chi connectivity index (χ4v) is 1.44. The number of rotatable bonds is 4. The average Bonchev–Trinajstić information content (AvgIpc) is 2.02. The molecular weight excluding hydrogens is 178 g/mol. The second kappa shape index (κ2) is 4.39. The topological polar surface area (TPSA) is 85.2 Å². The molecule has 0 aliphatic carbocycles. The molecule has 0 radical (unpaired) electrons. The molecule has 0 fully saturated rings. The SMILES string of the molecule is CC(O)(CCN)Cc1ccnc(N)c1. The van der Waals surface area contributed by atoms with Gasteiger partial charge in [-0.2, -0.15) is 0 Å². The van der Waals surface area contributed by atoms with Crippen LogP contribution in [0.2, 0.25) is 0 Å². The van der Waals surface area contributed by atoms with E-state index in [9.17, 15) is 5.11 Å². The summed E-state index contributed by atoms with van der Waals surface area (Å²) in [6.07, 6.45) is 2.77. The van der Waals surface area contributed by atoms with Gasteiger partial charge in [0.05, 0.1) is 5.60 Å². The first-order valence-corrected chi connectivity index (χ1v) is 4.66. The third kappa shape index (κ3) is 3.32. The summed E-state index contributed by atoms with van der Waals surface area (Å²) in [5.74, 6) is 0.478. The van der Waals surface area contributed by atoms with Crippen molar-refractivity contribution in [2.45, 2.75) is 25.4 Å². The molecule has 0 aliphatic heterocycles. The van der Waals surface area contributed by atoms with Crippen LogP contribution >= 0.6 is 0 Å². The quantitative estimate of drug-likeness (QED) is 0.645. The number of hydrogen-bond donors (Lipinski definition) is 3. The van der Waals surface area contributed by atoms with Crippen LogP contribution in [0, 0.1) is 0 Å². The molecule has 1 aromatic rings. The van der Waals surface area contributed by atoms with Gasteiger partial charge in [0.2, 0.25) is 0 Å². The molecule has 14 heavy (non-hydrogen) atoms. The van der Waals surface area contributed by atoms with Gasteiger partial charge < -0.3 is 16.6 Å². The van der Waals surface area contributed by atoms with Gasteiger partial charge in [0.1, 0.15) is 5.82 Å². The van der Waals surface area contributed by atoms with Crippen molar-refractivity contribution in [2.24, 2.45) is 5.73 Å². The minimum Gasteiger partial charge on any atom is -0.390 e. The smallest absolute Gasteiger partial charge is 0.123 e. The second-order valence-corrected chi connectivity index (χ2v) is 3.80. The molecule has 78 valence electrons. The van der Waals surface area contributed by atoms with E-state index in [4.69, 9.17) is 11.5 Å². The van der Waals surface area contributed by atoms with Crippen LogP contribution in [0.4, 0.5) is 5.82 Å². The lowest BCUT2D eigenvalue weighted by atomic mass is 9.94. The van der Waals surface area contributed by atoms with Crippen molar-refractivity contribution in [1.82, 2.24) is 4.98 Å². The van der Waals surface area contributed by atoms with Crippen LogP contribution in [0.1, 0.15) is 18.9 Å². The monoisotopic (exact) mass is 195 g/mol. The van der Waals surface area contributed by atoms with Gasteiger partial charge in [-0.3, -0.25) is 0 Å². The van der Waals surface area contributed by atoms with E-state index < -0.39 is 5.60 Å². The number of aliphatic hydroxyl groups is 1. The molecule has 0 saturated heterocycles. The summed E-state index contributed by atoms with van der Waals surface area (Å²) in [5.41, 5.74) is 11.2. The summed E-state index contributed by atoms with van der Waals surface area (Å²) in [6, 6.07) is 3.62. The van der Waals surface area contributed by atoms with Crippen LogP contribution in [0.5, 0.6) is 0 Å². The molecule has 0 aromatic carbocycles. The van der Waals surface area contributed by atoms with Crippen LogP contribution in [-0.2, 0) is 6.42 Å². The second-order valence-electron chi connectivity index (χ2n) is 3.80. The van der Waals surface area contributed by atoms with Gasteiger partial charge in [0, 0.05) is 12.6 Å². The van der Waals surface area contributed by atoms with E-state index in [2.05, 4.69) is 4.98 Å². The Labute approximate surface area is 83.9 Å². The van der Waals surface area contributed by atoms with Gasteiger partial charge in [-0.25, -0.2) is 4.98 Å².